The van der Waals surface area contributed by atoms with Gasteiger partial charge >= 0.3 is 0 Å². The number of aliphatic hydroxyl groups is 1. The van der Waals surface area contributed by atoms with Crippen molar-refractivity contribution in [1.29, 1.82) is 0 Å². The SMILES string of the molecule is CCS(=O)(=O)NCCN1CCCC(O)(CC(=O)NC)C1. The average Bonchev–Trinajstić information content (AvgIpc) is 2.38. The molecule has 8 heteroatoms. The Morgan fingerprint density at radius 3 is 2.75 bits per heavy atom. The molecule has 1 rings (SSSR count). The summed E-state index contributed by atoms with van der Waals surface area (Å²) in [5, 5.41) is 12.9. The van der Waals surface area contributed by atoms with E-state index < -0.39 is 15.6 Å². The zero-order valence-corrected chi connectivity index (χ0v) is 13.0. The van der Waals surface area contributed by atoms with Gasteiger partial charge in [-0.2, -0.15) is 0 Å². The van der Waals surface area contributed by atoms with Crippen LogP contribution in [0.2, 0.25) is 0 Å². The van der Waals surface area contributed by atoms with Crippen LogP contribution in [0.3, 0.4) is 0 Å². The summed E-state index contributed by atoms with van der Waals surface area (Å²) in [7, 11) is -1.63. The summed E-state index contributed by atoms with van der Waals surface area (Å²) in [6.07, 6.45) is 1.48. The van der Waals surface area contributed by atoms with Crippen LogP contribution < -0.4 is 10.0 Å². The van der Waals surface area contributed by atoms with Gasteiger partial charge < -0.3 is 10.4 Å². The number of nitrogens with zero attached hydrogens (tertiary/aromatic N) is 1. The number of hydrogen-bond donors (Lipinski definition) is 3. The topological polar surface area (TPSA) is 98.7 Å². The molecule has 20 heavy (non-hydrogen) atoms. The van der Waals surface area contributed by atoms with Crippen LogP contribution in [0.1, 0.15) is 26.2 Å². The summed E-state index contributed by atoms with van der Waals surface area (Å²) in [6, 6.07) is 0. The number of nitrogens with one attached hydrogen (secondary N) is 2. The van der Waals surface area contributed by atoms with Gasteiger partial charge in [-0.15, -0.1) is 0 Å². The second kappa shape index (κ2) is 7.35. The lowest BCUT2D eigenvalue weighted by atomic mass is 9.89. The summed E-state index contributed by atoms with van der Waals surface area (Å²) in [5.41, 5.74) is -1.01. The van der Waals surface area contributed by atoms with E-state index in [0.29, 0.717) is 26.1 Å². The van der Waals surface area contributed by atoms with Crippen molar-refractivity contribution in [3.63, 3.8) is 0 Å². The summed E-state index contributed by atoms with van der Waals surface area (Å²) >= 11 is 0. The Morgan fingerprint density at radius 1 is 1.45 bits per heavy atom. The van der Waals surface area contributed by atoms with Crippen LogP contribution in [0.4, 0.5) is 0 Å². The summed E-state index contributed by atoms with van der Waals surface area (Å²) in [4.78, 5) is 13.4. The minimum absolute atomic E-state index is 0.0631. The molecule has 0 aromatic rings. The summed E-state index contributed by atoms with van der Waals surface area (Å²) < 4.78 is 25.1. The molecule has 0 aliphatic carbocycles. The highest BCUT2D eigenvalue weighted by molar-refractivity contribution is 7.89. The maximum absolute atomic E-state index is 11.4. The lowest BCUT2D eigenvalue weighted by Crippen LogP contribution is -2.51. The Hall–Kier alpha value is -0.700. The van der Waals surface area contributed by atoms with E-state index in [0.717, 1.165) is 13.0 Å². The van der Waals surface area contributed by atoms with Crippen LogP contribution in [-0.4, -0.2) is 68.9 Å². The number of likely N-dealkylation sites (tertiary alicyclic amines) is 1. The smallest absolute Gasteiger partial charge is 0.222 e. The monoisotopic (exact) mass is 307 g/mol. The van der Waals surface area contributed by atoms with Crippen molar-refractivity contribution in [2.75, 3.05) is 39.0 Å². The van der Waals surface area contributed by atoms with Crippen LogP contribution in [0, 0.1) is 0 Å². The molecule has 3 N–H and O–H groups in total. The first-order chi connectivity index (χ1) is 9.30. The maximum Gasteiger partial charge on any atom is 0.222 e. The van der Waals surface area contributed by atoms with Gasteiger partial charge in [0.15, 0.2) is 0 Å². The van der Waals surface area contributed by atoms with Crippen LogP contribution in [0.15, 0.2) is 0 Å². The standard InChI is InChI=1S/C12H25N3O4S/c1-3-20(18,19)14-6-8-15-7-4-5-12(17,10-15)9-11(16)13-2/h14,17H,3-10H2,1-2H3,(H,13,16). The second-order valence-electron chi connectivity index (χ2n) is 5.25. The third-order valence-corrected chi connectivity index (χ3v) is 4.94. The number of β-amino-alcohol motifs (C(OH)–C–C–N with tert-alkyl or cyclic N) is 1. The molecule has 0 aromatic heterocycles. The predicted molar refractivity (Wildman–Crippen MR) is 76.8 cm³/mol. The molecule has 1 atom stereocenters. The Morgan fingerprint density at radius 2 is 2.15 bits per heavy atom. The molecule has 1 saturated heterocycles. The fraction of sp³-hybridized carbons (Fsp3) is 0.917. The van der Waals surface area contributed by atoms with Crippen molar-refractivity contribution in [3.8, 4) is 0 Å². The van der Waals surface area contributed by atoms with Crippen molar-refractivity contribution in [2.24, 2.45) is 0 Å². The Balaban J connectivity index is 2.43. The molecule has 1 amide bonds. The van der Waals surface area contributed by atoms with E-state index in [1.807, 2.05) is 4.90 Å². The molecule has 0 radical (unpaired) electrons. The van der Waals surface area contributed by atoms with Crippen molar-refractivity contribution in [2.45, 2.75) is 31.8 Å². The van der Waals surface area contributed by atoms with E-state index in [1.54, 1.807) is 14.0 Å². The number of sulfonamides is 1. The van der Waals surface area contributed by atoms with Crippen molar-refractivity contribution < 1.29 is 18.3 Å². The first-order valence-corrected chi connectivity index (χ1v) is 8.58. The third-order valence-electron chi connectivity index (χ3n) is 3.53. The fourth-order valence-corrected chi connectivity index (χ4v) is 3.00. The largest absolute Gasteiger partial charge is 0.388 e. The van der Waals surface area contributed by atoms with Crippen LogP contribution in [0.25, 0.3) is 0 Å². The van der Waals surface area contributed by atoms with Crippen molar-refractivity contribution >= 4 is 15.9 Å². The molecular weight excluding hydrogens is 282 g/mol. The number of hydrogen-bond acceptors (Lipinski definition) is 5. The van der Waals surface area contributed by atoms with Crippen molar-refractivity contribution in [3.05, 3.63) is 0 Å². The summed E-state index contributed by atoms with van der Waals surface area (Å²) in [5.74, 6) is -0.116. The van der Waals surface area contributed by atoms with E-state index in [2.05, 4.69) is 10.0 Å². The molecule has 0 bridgehead atoms. The molecule has 1 aliphatic rings. The highest BCUT2D eigenvalue weighted by Gasteiger charge is 2.34. The van der Waals surface area contributed by atoms with Gasteiger partial charge in [0.05, 0.1) is 17.8 Å². The van der Waals surface area contributed by atoms with Crippen LogP contribution >= 0.6 is 0 Å². The van der Waals surface area contributed by atoms with E-state index in [-0.39, 0.29) is 18.1 Å². The minimum Gasteiger partial charge on any atom is -0.388 e. The fourth-order valence-electron chi connectivity index (χ4n) is 2.39. The number of carbonyl (C=O) groups excluding carboxylic acids is 1. The molecule has 1 heterocycles. The molecule has 7 nitrogen and oxygen atoms in total. The quantitative estimate of drug-likeness (QED) is 0.554. The van der Waals surface area contributed by atoms with Crippen LogP contribution in [0.5, 0.6) is 0 Å². The van der Waals surface area contributed by atoms with Gasteiger partial charge in [0.2, 0.25) is 15.9 Å². The Kier molecular flexibility index (Phi) is 6.38. The summed E-state index contributed by atoms with van der Waals surface area (Å²) in [6.45, 7) is 3.66. The van der Waals surface area contributed by atoms with E-state index in [1.165, 1.54) is 0 Å². The molecule has 1 aliphatic heterocycles. The number of rotatable bonds is 7. The van der Waals surface area contributed by atoms with Gasteiger partial charge in [-0.05, 0) is 26.3 Å². The van der Waals surface area contributed by atoms with E-state index in [9.17, 15) is 18.3 Å². The van der Waals surface area contributed by atoms with Crippen molar-refractivity contribution in [1.82, 2.24) is 14.9 Å². The number of carbonyl (C=O) groups is 1. The Labute approximate surface area is 120 Å². The first kappa shape index (κ1) is 17.4. The van der Waals surface area contributed by atoms with Gasteiger partial charge in [-0.25, -0.2) is 13.1 Å². The molecule has 118 valence electrons. The van der Waals surface area contributed by atoms with Crippen LogP contribution in [-0.2, 0) is 14.8 Å². The number of amides is 1. The molecule has 0 spiro atoms. The normalized spacial score (nSPS) is 24.6. The second-order valence-corrected chi connectivity index (χ2v) is 7.35. The van der Waals surface area contributed by atoms with E-state index >= 15 is 0 Å². The molecule has 0 saturated carbocycles. The van der Waals surface area contributed by atoms with Gasteiger partial charge in [0, 0.05) is 26.7 Å². The highest BCUT2D eigenvalue weighted by atomic mass is 32.2. The van der Waals surface area contributed by atoms with Gasteiger partial charge in [-0.1, -0.05) is 0 Å². The lowest BCUT2D eigenvalue weighted by molar-refractivity contribution is -0.128. The van der Waals surface area contributed by atoms with Gasteiger partial charge in [0.1, 0.15) is 0 Å². The molecule has 1 unspecified atom stereocenters. The zero-order valence-electron chi connectivity index (χ0n) is 12.2. The van der Waals surface area contributed by atoms with E-state index in [4.69, 9.17) is 0 Å². The lowest BCUT2D eigenvalue weighted by Gasteiger charge is -2.38. The predicted octanol–water partition coefficient (Wildman–Crippen LogP) is -1.11. The Bertz CT molecular complexity index is 426. The van der Waals surface area contributed by atoms with Gasteiger partial charge in [0.25, 0.3) is 0 Å². The van der Waals surface area contributed by atoms with Gasteiger partial charge in [-0.3, -0.25) is 9.69 Å². The first-order valence-electron chi connectivity index (χ1n) is 6.93. The average molecular weight is 307 g/mol. The molecular formula is C12H25N3O4S. The maximum atomic E-state index is 11.4. The third kappa shape index (κ3) is 5.74. The molecule has 1 fully saturated rings. The molecule has 0 aromatic carbocycles. The minimum atomic E-state index is -3.18. The zero-order chi connectivity index (χ0) is 15.2. The number of piperidine rings is 1. The highest BCUT2D eigenvalue weighted by Crippen LogP contribution is 2.24.